The predicted molar refractivity (Wildman–Crippen MR) is 83.8 cm³/mol. The van der Waals surface area contributed by atoms with Crippen LogP contribution in [0.3, 0.4) is 0 Å². The third-order valence-corrected chi connectivity index (χ3v) is 3.33. The Morgan fingerprint density at radius 2 is 2.04 bits per heavy atom. The summed E-state index contributed by atoms with van der Waals surface area (Å²) in [6, 6.07) is 5.72. The summed E-state index contributed by atoms with van der Waals surface area (Å²) in [5.41, 5.74) is 0.917. The first-order valence-corrected chi connectivity index (χ1v) is 6.44. The van der Waals surface area contributed by atoms with E-state index >= 15 is 0 Å². The summed E-state index contributed by atoms with van der Waals surface area (Å²) in [4.78, 5) is 19.9. The zero-order valence-corrected chi connectivity index (χ0v) is 11.9. The number of hydrogen-bond acceptors (Lipinski definition) is 4. The van der Waals surface area contributed by atoms with E-state index in [1.165, 1.54) is 31.4 Å². The number of aromatic carboxylic acids is 1. The molecule has 1 N–H and O–H groups in total. The van der Waals surface area contributed by atoms with E-state index in [0.717, 1.165) is 0 Å². The molecular weight excluding hydrogens is 312 g/mol. The van der Waals surface area contributed by atoms with Crippen LogP contribution in [-0.4, -0.2) is 62.1 Å². The first-order chi connectivity index (χ1) is 10.5. The Kier molecular flexibility index (Phi) is 5.03. The van der Waals surface area contributed by atoms with Crippen molar-refractivity contribution in [3.8, 4) is 17.1 Å². The van der Waals surface area contributed by atoms with Crippen LogP contribution < -0.4 is 4.74 Å². The van der Waals surface area contributed by atoms with Crippen molar-refractivity contribution in [1.82, 2.24) is 14.4 Å². The number of hydrogen-bond donors (Lipinski definition) is 1. The van der Waals surface area contributed by atoms with Gasteiger partial charge in [-0.25, -0.2) is 19.2 Å². The summed E-state index contributed by atoms with van der Waals surface area (Å²) in [6.45, 7) is 1.74. The number of nitrogens with zero attached hydrogens (tertiary/aromatic N) is 3. The minimum atomic E-state index is -1.07. The summed E-state index contributed by atoms with van der Waals surface area (Å²) < 4.78 is 20.0. The average Bonchev–Trinajstić information content (AvgIpc) is 2.92. The molecule has 0 spiro atoms. The summed E-state index contributed by atoms with van der Waals surface area (Å²) in [7, 11) is 1.37. The van der Waals surface area contributed by atoms with Crippen molar-refractivity contribution in [2.45, 2.75) is 6.92 Å². The monoisotopic (exact) mass is 325 g/mol. The minimum absolute atomic E-state index is 0. The molecule has 0 radical (unpaired) electrons. The molecule has 8 heteroatoms. The summed E-state index contributed by atoms with van der Waals surface area (Å²) >= 11 is 0. The van der Waals surface area contributed by atoms with Gasteiger partial charge in [-0.05, 0) is 31.2 Å². The van der Waals surface area contributed by atoms with Crippen molar-refractivity contribution in [2.24, 2.45) is 0 Å². The van der Waals surface area contributed by atoms with Crippen LogP contribution >= 0.6 is 0 Å². The number of methoxy groups -OCH3 is 1. The summed E-state index contributed by atoms with van der Waals surface area (Å²) in [5, 5.41) is 9.20. The molecule has 3 rings (SSSR count). The van der Waals surface area contributed by atoms with Crippen LogP contribution in [0.2, 0.25) is 0 Å². The second-order valence-electron chi connectivity index (χ2n) is 4.67. The van der Waals surface area contributed by atoms with E-state index in [2.05, 4.69) is 9.97 Å². The maximum atomic E-state index is 13.5. The van der Waals surface area contributed by atoms with Gasteiger partial charge >= 0.3 is 35.5 Å². The van der Waals surface area contributed by atoms with Crippen LogP contribution in [0.15, 0.2) is 30.5 Å². The maximum absolute atomic E-state index is 13.5. The van der Waals surface area contributed by atoms with Gasteiger partial charge in [-0.15, -0.1) is 0 Å². The third kappa shape index (κ3) is 3.08. The van der Waals surface area contributed by atoms with Crippen molar-refractivity contribution in [3.63, 3.8) is 0 Å². The van der Waals surface area contributed by atoms with Gasteiger partial charge in [0.2, 0.25) is 0 Å². The average molecular weight is 325 g/mol. The molecule has 114 valence electrons. The zero-order chi connectivity index (χ0) is 15.9. The molecule has 6 nitrogen and oxygen atoms in total. The molecule has 2 heterocycles. The quantitative estimate of drug-likeness (QED) is 0.744. The molecule has 0 bridgehead atoms. The number of aryl methyl sites for hydroxylation is 1. The van der Waals surface area contributed by atoms with Crippen LogP contribution in [0.5, 0.6) is 5.75 Å². The molecule has 0 amide bonds. The molecule has 0 fully saturated rings. The van der Waals surface area contributed by atoms with Gasteiger partial charge in [0.15, 0.2) is 23.0 Å². The molecule has 0 saturated heterocycles. The first kappa shape index (κ1) is 17.4. The number of carboxylic acid groups (broad SMARTS) is 1. The fourth-order valence-corrected chi connectivity index (χ4v) is 2.23. The zero-order valence-electron chi connectivity index (χ0n) is 11.9. The van der Waals surface area contributed by atoms with Crippen LogP contribution in [-0.2, 0) is 0 Å². The molecule has 0 unspecified atom stereocenters. The standard InChI is InChI=1S/C15H12FN3O3.Na.H/c1-8-17-13(9-3-4-11(16)12(7-9)22-2)18-14-10(15(20)21)5-6-19(8)14;;/h3-7H,1-2H3,(H,20,21);;. The summed E-state index contributed by atoms with van der Waals surface area (Å²) in [6.07, 6.45) is 1.60. The fourth-order valence-electron chi connectivity index (χ4n) is 2.23. The van der Waals surface area contributed by atoms with E-state index in [1.807, 2.05) is 0 Å². The predicted octanol–water partition coefficient (Wildman–Crippen LogP) is 1.90. The molecule has 3 aromatic rings. The number of halogens is 1. The van der Waals surface area contributed by atoms with Crippen molar-refractivity contribution < 1.29 is 19.0 Å². The van der Waals surface area contributed by atoms with Crippen LogP contribution in [0.25, 0.3) is 17.0 Å². The molecule has 0 aliphatic carbocycles. The fraction of sp³-hybridized carbons (Fsp3) is 0.133. The number of ether oxygens (including phenoxy) is 1. The normalized spacial score (nSPS) is 10.4. The molecule has 0 saturated carbocycles. The molecule has 2 aromatic heterocycles. The topological polar surface area (TPSA) is 76.7 Å². The van der Waals surface area contributed by atoms with E-state index in [1.54, 1.807) is 17.5 Å². The van der Waals surface area contributed by atoms with E-state index in [4.69, 9.17) is 4.74 Å². The Hall–Kier alpha value is -1.96. The second-order valence-corrected chi connectivity index (χ2v) is 4.67. The molecule has 23 heavy (non-hydrogen) atoms. The Bertz CT molecular complexity index is 895. The van der Waals surface area contributed by atoms with Gasteiger partial charge in [0.25, 0.3) is 0 Å². The van der Waals surface area contributed by atoms with E-state index < -0.39 is 11.8 Å². The first-order valence-electron chi connectivity index (χ1n) is 6.44. The number of carbonyl (C=O) groups is 1. The van der Waals surface area contributed by atoms with Crippen LogP contribution in [0.4, 0.5) is 4.39 Å². The molecule has 0 aliphatic rings. The van der Waals surface area contributed by atoms with Crippen molar-refractivity contribution in [2.75, 3.05) is 7.11 Å². The Balaban J connectivity index is 0.00000192. The second kappa shape index (κ2) is 6.66. The SMILES string of the molecule is COc1cc(-c2nc(C)n3ccc(C(=O)O)c3n2)ccc1F.[NaH]. The number of fused-ring (bicyclic) bond motifs is 1. The van der Waals surface area contributed by atoms with Gasteiger partial charge in [-0.1, -0.05) is 0 Å². The third-order valence-electron chi connectivity index (χ3n) is 3.33. The van der Waals surface area contributed by atoms with Crippen LogP contribution in [0.1, 0.15) is 16.2 Å². The van der Waals surface area contributed by atoms with Gasteiger partial charge in [0, 0.05) is 11.8 Å². The van der Waals surface area contributed by atoms with Crippen molar-refractivity contribution in [3.05, 3.63) is 47.7 Å². The number of rotatable bonds is 3. The van der Waals surface area contributed by atoms with E-state index in [0.29, 0.717) is 22.9 Å². The Morgan fingerprint density at radius 1 is 1.30 bits per heavy atom. The van der Waals surface area contributed by atoms with Gasteiger partial charge in [0.05, 0.1) is 7.11 Å². The van der Waals surface area contributed by atoms with E-state index in [-0.39, 0.29) is 40.9 Å². The number of carboxylic acids is 1. The van der Waals surface area contributed by atoms with Gasteiger partial charge in [-0.3, -0.25) is 4.40 Å². The molecule has 0 aliphatic heterocycles. The van der Waals surface area contributed by atoms with Crippen molar-refractivity contribution >= 4 is 41.2 Å². The van der Waals surface area contributed by atoms with Gasteiger partial charge in [0.1, 0.15) is 11.4 Å². The van der Waals surface area contributed by atoms with Gasteiger partial charge < -0.3 is 9.84 Å². The van der Waals surface area contributed by atoms with Gasteiger partial charge in [-0.2, -0.15) is 0 Å². The Labute approximate surface area is 153 Å². The summed E-state index contributed by atoms with van der Waals surface area (Å²) in [5.74, 6) is -0.589. The molecular formula is C15H13FN3NaO3. The van der Waals surface area contributed by atoms with E-state index in [9.17, 15) is 14.3 Å². The number of benzene rings is 1. The molecule has 1 aromatic carbocycles. The Morgan fingerprint density at radius 3 is 2.70 bits per heavy atom. The van der Waals surface area contributed by atoms with Crippen molar-refractivity contribution in [1.29, 1.82) is 0 Å². The van der Waals surface area contributed by atoms with Crippen LogP contribution in [0, 0.1) is 12.7 Å². The number of aromatic nitrogens is 3. The molecule has 0 atom stereocenters.